The molecule has 0 aliphatic carbocycles. The van der Waals surface area contributed by atoms with E-state index in [0.717, 1.165) is 17.2 Å². The van der Waals surface area contributed by atoms with E-state index < -0.39 is 0 Å². The molecule has 0 fully saturated rings. The second kappa shape index (κ2) is 7.49. The fraction of sp³-hybridized carbons (Fsp3) is 0.250. The van der Waals surface area contributed by atoms with Crippen LogP contribution < -0.4 is 19.7 Å². The zero-order valence-electron chi connectivity index (χ0n) is 15.3. The van der Waals surface area contributed by atoms with Gasteiger partial charge in [0.15, 0.2) is 17.3 Å². The molecular formula is C20H21N5O2. The molecule has 1 aliphatic heterocycles. The Balaban J connectivity index is 1.55. The second-order valence-corrected chi connectivity index (χ2v) is 6.54. The number of rotatable bonds is 6. The van der Waals surface area contributed by atoms with Crippen LogP contribution in [0.5, 0.6) is 11.5 Å². The van der Waals surface area contributed by atoms with E-state index in [1.165, 1.54) is 5.56 Å². The molecule has 0 atom stereocenters. The number of aromatic nitrogens is 3. The van der Waals surface area contributed by atoms with Crippen LogP contribution in [0, 0.1) is 0 Å². The molecule has 0 radical (unpaired) electrons. The van der Waals surface area contributed by atoms with Gasteiger partial charge < -0.3 is 19.7 Å². The van der Waals surface area contributed by atoms with E-state index in [9.17, 15) is 0 Å². The van der Waals surface area contributed by atoms with Crippen LogP contribution in [0.1, 0.15) is 19.4 Å². The highest BCUT2D eigenvalue weighted by Crippen LogP contribution is 2.35. The first-order valence-corrected chi connectivity index (χ1v) is 8.86. The maximum Gasteiger partial charge on any atom is 0.247 e. The molecule has 2 aromatic carbocycles. The lowest BCUT2D eigenvalue weighted by Crippen LogP contribution is -2.32. The molecule has 3 aromatic rings. The van der Waals surface area contributed by atoms with Crippen LogP contribution in [0.25, 0.3) is 0 Å². The number of anilines is 3. The van der Waals surface area contributed by atoms with Gasteiger partial charge in [-0.15, -0.1) is 5.10 Å². The lowest BCUT2D eigenvalue weighted by atomic mass is 10.2. The Bertz CT molecular complexity index is 917. The van der Waals surface area contributed by atoms with Crippen LogP contribution >= 0.6 is 0 Å². The summed E-state index contributed by atoms with van der Waals surface area (Å²) in [5.74, 6) is 2.67. The molecule has 0 saturated carbocycles. The average molecular weight is 363 g/mol. The molecule has 0 spiro atoms. The summed E-state index contributed by atoms with van der Waals surface area (Å²) in [6, 6.07) is 16.2. The number of ether oxygens (including phenoxy) is 2. The number of fused-ring (bicyclic) bond motifs is 1. The summed E-state index contributed by atoms with van der Waals surface area (Å²) in [4.78, 5) is 6.77. The van der Waals surface area contributed by atoms with Gasteiger partial charge in [0.1, 0.15) is 0 Å². The summed E-state index contributed by atoms with van der Waals surface area (Å²) >= 11 is 0. The zero-order valence-corrected chi connectivity index (χ0v) is 15.3. The number of hydrogen-bond donors (Lipinski definition) is 1. The number of nitrogens with zero attached hydrogens (tertiary/aromatic N) is 4. The Morgan fingerprint density at radius 3 is 2.70 bits per heavy atom. The summed E-state index contributed by atoms with van der Waals surface area (Å²) in [6.07, 6.45) is 1.61. The minimum absolute atomic E-state index is 0.229. The average Bonchev–Trinajstić information content (AvgIpc) is 3.15. The van der Waals surface area contributed by atoms with E-state index in [0.29, 0.717) is 18.3 Å². The Kier molecular flexibility index (Phi) is 4.74. The van der Waals surface area contributed by atoms with E-state index in [-0.39, 0.29) is 12.8 Å². The van der Waals surface area contributed by atoms with Gasteiger partial charge in [0.25, 0.3) is 0 Å². The first-order valence-electron chi connectivity index (χ1n) is 8.86. The van der Waals surface area contributed by atoms with Gasteiger partial charge in [-0.3, -0.25) is 0 Å². The van der Waals surface area contributed by atoms with Gasteiger partial charge >= 0.3 is 0 Å². The predicted octanol–water partition coefficient (Wildman–Crippen LogP) is 3.76. The van der Waals surface area contributed by atoms with Gasteiger partial charge in [-0.05, 0) is 31.5 Å². The highest BCUT2D eigenvalue weighted by atomic mass is 16.7. The molecular weight excluding hydrogens is 342 g/mol. The summed E-state index contributed by atoms with van der Waals surface area (Å²) in [5, 5.41) is 11.6. The standard InChI is InChI=1S/C20H21N5O2/c1-14(2)25(12-15-6-4-3-5-7-15)20-23-19(11-21-24-20)22-16-8-9-17-18(10-16)27-13-26-17/h3-11,14H,12-13H2,1-2H3,(H,22,23,24). The van der Waals surface area contributed by atoms with Gasteiger partial charge in [-0.1, -0.05) is 30.3 Å². The van der Waals surface area contributed by atoms with Gasteiger partial charge in [0, 0.05) is 24.3 Å². The topological polar surface area (TPSA) is 72.4 Å². The predicted molar refractivity (Wildman–Crippen MR) is 103 cm³/mol. The fourth-order valence-corrected chi connectivity index (χ4v) is 2.86. The van der Waals surface area contributed by atoms with E-state index >= 15 is 0 Å². The first-order chi connectivity index (χ1) is 13.2. The Morgan fingerprint density at radius 2 is 1.89 bits per heavy atom. The fourth-order valence-electron chi connectivity index (χ4n) is 2.86. The maximum absolute atomic E-state index is 5.42. The second-order valence-electron chi connectivity index (χ2n) is 6.54. The molecule has 0 unspecified atom stereocenters. The van der Waals surface area contributed by atoms with Crippen molar-refractivity contribution in [2.45, 2.75) is 26.4 Å². The van der Waals surface area contributed by atoms with Gasteiger partial charge in [-0.2, -0.15) is 10.1 Å². The van der Waals surface area contributed by atoms with Crippen LogP contribution in [0.4, 0.5) is 17.5 Å². The number of hydrogen-bond acceptors (Lipinski definition) is 7. The van der Waals surface area contributed by atoms with E-state index in [2.05, 4.69) is 51.4 Å². The van der Waals surface area contributed by atoms with Crippen LogP contribution in [0.15, 0.2) is 54.7 Å². The molecule has 2 heterocycles. The molecule has 7 heteroatoms. The van der Waals surface area contributed by atoms with Gasteiger partial charge in [-0.25, -0.2) is 0 Å². The largest absolute Gasteiger partial charge is 0.454 e. The van der Waals surface area contributed by atoms with Crippen molar-refractivity contribution in [1.29, 1.82) is 0 Å². The van der Waals surface area contributed by atoms with E-state index in [1.807, 2.05) is 36.4 Å². The Labute approximate surface area is 158 Å². The van der Waals surface area contributed by atoms with Crippen molar-refractivity contribution in [2.24, 2.45) is 0 Å². The smallest absolute Gasteiger partial charge is 0.247 e. The molecule has 0 bridgehead atoms. The zero-order chi connectivity index (χ0) is 18.6. The van der Waals surface area contributed by atoms with E-state index in [1.54, 1.807) is 6.20 Å². The molecule has 138 valence electrons. The minimum atomic E-state index is 0.229. The lowest BCUT2D eigenvalue weighted by molar-refractivity contribution is 0.174. The van der Waals surface area contributed by atoms with Crippen molar-refractivity contribution in [3.8, 4) is 11.5 Å². The third-order valence-corrected chi connectivity index (χ3v) is 4.27. The summed E-state index contributed by atoms with van der Waals surface area (Å²) in [7, 11) is 0. The van der Waals surface area contributed by atoms with Crippen LogP contribution in [0.3, 0.4) is 0 Å². The molecule has 27 heavy (non-hydrogen) atoms. The van der Waals surface area contributed by atoms with Crippen molar-refractivity contribution in [2.75, 3.05) is 17.0 Å². The van der Waals surface area contributed by atoms with Crippen molar-refractivity contribution in [1.82, 2.24) is 15.2 Å². The minimum Gasteiger partial charge on any atom is -0.454 e. The monoisotopic (exact) mass is 363 g/mol. The van der Waals surface area contributed by atoms with Gasteiger partial charge in [0.05, 0.1) is 6.20 Å². The molecule has 1 aliphatic rings. The molecule has 1 aromatic heterocycles. The van der Waals surface area contributed by atoms with Crippen LogP contribution in [-0.2, 0) is 6.54 Å². The van der Waals surface area contributed by atoms with Crippen LogP contribution in [-0.4, -0.2) is 28.0 Å². The maximum atomic E-state index is 5.42. The van der Waals surface area contributed by atoms with Crippen molar-refractivity contribution < 1.29 is 9.47 Å². The Hall–Kier alpha value is -3.35. The van der Waals surface area contributed by atoms with Crippen molar-refractivity contribution in [3.63, 3.8) is 0 Å². The molecule has 1 N–H and O–H groups in total. The van der Waals surface area contributed by atoms with Crippen LogP contribution in [0.2, 0.25) is 0 Å². The molecule has 4 rings (SSSR count). The molecule has 0 amide bonds. The number of nitrogens with one attached hydrogen (secondary N) is 1. The van der Waals surface area contributed by atoms with Crippen molar-refractivity contribution in [3.05, 3.63) is 60.3 Å². The summed E-state index contributed by atoms with van der Waals surface area (Å²) in [5.41, 5.74) is 2.05. The lowest BCUT2D eigenvalue weighted by Gasteiger charge is -2.26. The number of benzene rings is 2. The quantitative estimate of drug-likeness (QED) is 0.715. The molecule has 0 saturated heterocycles. The molecule has 7 nitrogen and oxygen atoms in total. The normalized spacial score (nSPS) is 12.3. The first kappa shape index (κ1) is 17.1. The van der Waals surface area contributed by atoms with E-state index in [4.69, 9.17) is 9.47 Å². The summed E-state index contributed by atoms with van der Waals surface area (Å²) in [6.45, 7) is 5.20. The Morgan fingerprint density at radius 1 is 1.07 bits per heavy atom. The highest BCUT2D eigenvalue weighted by Gasteiger charge is 2.16. The summed E-state index contributed by atoms with van der Waals surface area (Å²) < 4.78 is 10.8. The third-order valence-electron chi connectivity index (χ3n) is 4.27. The highest BCUT2D eigenvalue weighted by molar-refractivity contribution is 5.62. The van der Waals surface area contributed by atoms with Gasteiger partial charge in [0.2, 0.25) is 12.7 Å². The SMILES string of the molecule is CC(C)N(Cc1ccccc1)c1nncc(Nc2ccc3c(c2)OCO3)n1. The third kappa shape index (κ3) is 3.92. The van der Waals surface area contributed by atoms with Crippen molar-refractivity contribution >= 4 is 17.5 Å².